The SMILES string of the molecule is CC1=C(/C=C/C2=C(/C=C/C(C)=C/C(=O)O)CSC2)C(C)(C)CCC1. The van der Waals surface area contributed by atoms with Crippen molar-refractivity contribution in [1.29, 1.82) is 0 Å². The first-order valence-corrected chi connectivity index (χ1v) is 9.72. The van der Waals surface area contributed by atoms with Crippen LogP contribution in [0.5, 0.6) is 0 Å². The number of rotatable bonds is 5. The minimum atomic E-state index is -0.894. The third kappa shape index (κ3) is 5.01. The zero-order valence-corrected chi connectivity index (χ0v) is 16.0. The van der Waals surface area contributed by atoms with Gasteiger partial charge in [-0.05, 0) is 60.8 Å². The highest BCUT2D eigenvalue weighted by molar-refractivity contribution is 7.99. The second-order valence-corrected chi connectivity index (χ2v) is 8.35. The molecule has 0 radical (unpaired) electrons. The van der Waals surface area contributed by atoms with Crippen LogP contribution in [0, 0.1) is 5.41 Å². The summed E-state index contributed by atoms with van der Waals surface area (Å²) in [6, 6.07) is 0. The average Bonchev–Trinajstić information content (AvgIpc) is 2.90. The molecule has 0 atom stereocenters. The molecule has 0 aromatic rings. The second kappa shape index (κ2) is 8.06. The van der Waals surface area contributed by atoms with Gasteiger partial charge >= 0.3 is 5.97 Å². The molecule has 24 heavy (non-hydrogen) atoms. The van der Waals surface area contributed by atoms with E-state index < -0.39 is 5.97 Å². The fraction of sp³-hybridized carbons (Fsp3) is 0.476. The lowest BCUT2D eigenvalue weighted by Gasteiger charge is -2.33. The highest BCUT2D eigenvalue weighted by atomic mass is 32.2. The molecule has 1 heterocycles. The van der Waals surface area contributed by atoms with Gasteiger partial charge in [-0.2, -0.15) is 11.8 Å². The molecule has 0 bridgehead atoms. The average molecular weight is 345 g/mol. The molecule has 3 heteroatoms. The van der Waals surface area contributed by atoms with Crippen LogP contribution >= 0.6 is 11.8 Å². The zero-order valence-electron chi connectivity index (χ0n) is 15.2. The Bertz CT molecular complexity index is 657. The van der Waals surface area contributed by atoms with E-state index in [1.807, 2.05) is 24.8 Å². The number of allylic oxidation sites excluding steroid dienone is 7. The normalized spacial score (nSPS) is 22.2. The van der Waals surface area contributed by atoms with Gasteiger partial charge in [-0.25, -0.2) is 4.79 Å². The fourth-order valence-electron chi connectivity index (χ4n) is 3.44. The van der Waals surface area contributed by atoms with Gasteiger partial charge in [0, 0.05) is 17.6 Å². The van der Waals surface area contributed by atoms with Gasteiger partial charge in [0.1, 0.15) is 0 Å². The third-order valence-electron chi connectivity index (χ3n) is 4.82. The van der Waals surface area contributed by atoms with Crippen molar-refractivity contribution in [2.45, 2.75) is 47.0 Å². The molecule has 0 fully saturated rings. The summed E-state index contributed by atoms with van der Waals surface area (Å²) >= 11 is 1.91. The fourth-order valence-corrected chi connectivity index (χ4v) is 4.54. The van der Waals surface area contributed by atoms with Crippen molar-refractivity contribution in [2.75, 3.05) is 11.5 Å². The first-order chi connectivity index (χ1) is 11.3. The molecule has 2 aliphatic rings. The van der Waals surface area contributed by atoms with Crippen molar-refractivity contribution in [3.63, 3.8) is 0 Å². The summed E-state index contributed by atoms with van der Waals surface area (Å²) in [5.41, 5.74) is 6.71. The number of carbonyl (C=O) groups is 1. The maximum atomic E-state index is 10.7. The quantitative estimate of drug-likeness (QED) is 0.513. The zero-order chi connectivity index (χ0) is 17.7. The van der Waals surface area contributed by atoms with Crippen LogP contribution in [0.4, 0.5) is 0 Å². The van der Waals surface area contributed by atoms with E-state index in [-0.39, 0.29) is 5.41 Å². The largest absolute Gasteiger partial charge is 0.478 e. The lowest BCUT2D eigenvalue weighted by atomic mass is 9.72. The van der Waals surface area contributed by atoms with Gasteiger partial charge in [0.2, 0.25) is 0 Å². The van der Waals surface area contributed by atoms with Gasteiger partial charge in [0.05, 0.1) is 0 Å². The Hall–Kier alpha value is -1.48. The third-order valence-corrected chi connectivity index (χ3v) is 5.85. The van der Waals surface area contributed by atoms with Crippen molar-refractivity contribution in [3.05, 3.63) is 58.2 Å². The summed E-state index contributed by atoms with van der Waals surface area (Å²) in [4.78, 5) is 10.7. The van der Waals surface area contributed by atoms with Gasteiger partial charge in [-0.15, -0.1) is 0 Å². The summed E-state index contributed by atoms with van der Waals surface area (Å²) in [5, 5.41) is 8.79. The topological polar surface area (TPSA) is 37.3 Å². The Morgan fingerprint density at radius 1 is 1.17 bits per heavy atom. The van der Waals surface area contributed by atoms with Crippen LogP contribution in [-0.2, 0) is 4.79 Å². The first kappa shape index (κ1) is 18.9. The van der Waals surface area contributed by atoms with Crippen LogP contribution < -0.4 is 0 Å². The standard InChI is InChI=1S/C21H28O2S/c1-15(12-20(22)23)7-8-17-13-24-14-18(17)9-10-19-16(2)6-5-11-21(19,3)4/h7-10,12H,5-6,11,13-14H2,1-4H3,(H,22,23)/b8-7+,10-9+,15-12+. The number of aliphatic carboxylic acids is 1. The molecule has 130 valence electrons. The Labute approximate surface area is 150 Å². The molecule has 1 aliphatic carbocycles. The molecule has 0 saturated heterocycles. The molecule has 1 N–H and O–H groups in total. The smallest absolute Gasteiger partial charge is 0.328 e. The minimum absolute atomic E-state index is 0.266. The van der Waals surface area contributed by atoms with Crippen LogP contribution in [-0.4, -0.2) is 22.6 Å². The van der Waals surface area contributed by atoms with E-state index in [0.29, 0.717) is 0 Å². The summed E-state index contributed by atoms with van der Waals surface area (Å²) in [5.74, 6) is 1.14. The molecular weight excluding hydrogens is 316 g/mol. The molecule has 0 amide bonds. The Morgan fingerprint density at radius 3 is 2.46 bits per heavy atom. The van der Waals surface area contributed by atoms with E-state index in [9.17, 15) is 4.79 Å². The summed E-state index contributed by atoms with van der Waals surface area (Å²) < 4.78 is 0. The highest BCUT2D eigenvalue weighted by Crippen LogP contribution is 2.41. The van der Waals surface area contributed by atoms with Crippen LogP contribution in [0.2, 0.25) is 0 Å². The van der Waals surface area contributed by atoms with Gasteiger partial charge in [-0.3, -0.25) is 0 Å². The lowest BCUT2D eigenvalue weighted by Crippen LogP contribution is -2.19. The van der Waals surface area contributed by atoms with E-state index in [2.05, 4.69) is 39.0 Å². The molecule has 0 unspecified atom stereocenters. The van der Waals surface area contributed by atoms with Crippen LogP contribution in [0.25, 0.3) is 0 Å². The summed E-state index contributed by atoms with van der Waals surface area (Å²) in [6.45, 7) is 8.77. The molecule has 2 nitrogen and oxygen atoms in total. The molecule has 0 spiro atoms. The van der Waals surface area contributed by atoms with Gasteiger partial charge in [0.15, 0.2) is 0 Å². The Morgan fingerprint density at radius 2 is 1.83 bits per heavy atom. The Kier molecular flexibility index (Phi) is 6.34. The number of hydrogen-bond acceptors (Lipinski definition) is 2. The number of carboxylic acids is 1. The Balaban J connectivity index is 2.20. The number of hydrogen-bond donors (Lipinski definition) is 1. The van der Waals surface area contributed by atoms with Crippen LogP contribution in [0.3, 0.4) is 0 Å². The van der Waals surface area contributed by atoms with E-state index in [0.717, 1.165) is 17.1 Å². The van der Waals surface area contributed by atoms with E-state index >= 15 is 0 Å². The lowest BCUT2D eigenvalue weighted by molar-refractivity contribution is -0.131. The van der Waals surface area contributed by atoms with E-state index in [4.69, 9.17) is 5.11 Å². The van der Waals surface area contributed by atoms with Crippen LogP contribution in [0.15, 0.2) is 58.2 Å². The van der Waals surface area contributed by atoms with E-state index in [1.165, 1.54) is 47.6 Å². The summed E-state index contributed by atoms with van der Waals surface area (Å²) in [6.07, 6.45) is 13.6. The van der Waals surface area contributed by atoms with Gasteiger partial charge < -0.3 is 5.11 Å². The van der Waals surface area contributed by atoms with Gasteiger partial charge in [0.25, 0.3) is 0 Å². The molecule has 0 aromatic carbocycles. The molecular formula is C21H28O2S. The minimum Gasteiger partial charge on any atom is -0.478 e. The monoisotopic (exact) mass is 344 g/mol. The van der Waals surface area contributed by atoms with Crippen molar-refractivity contribution in [3.8, 4) is 0 Å². The molecule has 1 aliphatic heterocycles. The number of carboxylic acid groups (broad SMARTS) is 1. The number of thioether (sulfide) groups is 1. The molecule has 0 saturated carbocycles. The molecule has 2 rings (SSSR count). The van der Waals surface area contributed by atoms with Crippen molar-refractivity contribution < 1.29 is 9.90 Å². The van der Waals surface area contributed by atoms with Crippen molar-refractivity contribution >= 4 is 17.7 Å². The predicted octanol–water partition coefficient (Wildman–Crippen LogP) is 5.70. The first-order valence-electron chi connectivity index (χ1n) is 8.57. The highest BCUT2D eigenvalue weighted by Gasteiger charge is 2.26. The van der Waals surface area contributed by atoms with Crippen LogP contribution in [0.1, 0.15) is 47.0 Å². The van der Waals surface area contributed by atoms with Crippen molar-refractivity contribution in [1.82, 2.24) is 0 Å². The maximum absolute atomic E-state index is 10.7. The molecule has 0 aromatic heterocycles. The predicted molar refractivity (Wildman–Crippen MR) is 104 cm³/mol. The summed E-state index contributed by atoms with van der Waals surface area (Å²) in [7, 11) is 0. The second-order valence-electron chi connectivity index (χ2n) is 7.37. The van der Waals surface area contributed by atoms with Gasteiger partial charge in [-0.1, -0.05) is 43.7 Å². The van der Waals surface area contributed by atoms with E-state index in [1.54, 1.807) is 0 Å². The van der Waals surface area contributed by atoms with Crippen molar-refractivity contribution in [2.24, 2.45) is 5.41 Å². The maximum Gasteiger partial charge on any atom is 0.328 e.